The first-order valence-corrected chi connectivity index (χ1v) is 15.0. The van der Waals surface area contributed by atoms with Crippen LogP contribution in [0.3, 0.4) is 0 Å². The summed E-state index contributed by atoms with van der Waals surface area (Å²) in [5.41, 5.74) is 8.35. The minimum absolute atomic E-state index is 0.533. The van der Waals surface area contributed by atoms with E-state index in [-0.39, 0.29) is 0 Å². The standard InChI is InChI=1S/C40H23N7/c41-24-26-11-15-36-33(21-26)34-22-27(25-42)12-16-37(34)47(36)31-13-14-32(28-17-19-43-20-18-28)35(23-31)40-45-38(29-7-3-1-4-8-29)44-39(46-40)30-9-5-2-6-10-30/h1-23H. The highest BCUT2D eigenvalue weighted by molar-refractivity contribution is 6.10. The topological polar surface area (TPSA) is 104 Å². The summed E-state index contributed by atoms with van der Waals surface area (Å²) in [7, 11) is 0. The first kappa shape index (κ1) is 27.6. The first-order valence-electron chi connectivity index (χ1n) is 15.0. The van der Waals surface area contributed by atoms with E-state index in [1.807, 2.05) is 109 Å². The van der Waals surface area contributed by atoms with E-state index >= 15 is 0 Å². The molecule has 0 saturated carbocycles. The molecule has 0 spiro atoms. The molecule has 0 unspecified atom stereocenters. The van der Waals surface area contributed by atoms with Crippen LogP contribution >= 0.6 is 0 Å². The Hall–Kier alpha value is -6.96. The molecular formula is C40H23N7. The lowest BCUT2D eigenvalue weighted by atomic mass is 9.99. The van der Waals surface area contributed by atoms with Crippen LogP contribution in [-0.2, 0) is 0 Å². The third kappa shape index (κ3) is 4.95. The Morgan fingerprint density at radius 2 is 1.00 bits per heavy atom. The van der Waals surface area contributed by atoms with Gasteiger partial charge in [-0.3, -0.25) is 4.98 Å². The summed E-state index contributed by atoms with van der Waals surface area (Å²) in [5.74, 6) is 1.68. The maximum absolute atomic E-state index is 9.67. The van der Waals surface area contributed by atoms with Crippen LogP contribution in [0.1, 0.15) is 11.1 Å². The van der Waals surface area contributed by atoms with E-state index in [2.05, 4.69) is 39.9 Å². The third-order valence-corrected chi connectivity index (χ3v) is 8.22. The van der Waals surface area contributed by atoms with Crippen molar-refractivity contribution in [1.29, 1.82) is 10.5 Å². The zero-order chi connectivity index (χ0) is 31.7. The zero-order valence-electron chi connectivity index (χ0n) is 24.9. The molecule has 7 nitrogen and oxygen atoms in total. The van der Waals surface area contributed by atoms with E-state index in [1.165, 1.54) is 0 Å². The minimum Gasteiger partial charge on any atom is -0.309 e. The number of hydrogen-bond acceptors (Lipinski definition) is 6. The monoisotopic (exact) mass is 601 g/mol. The molecule has 7 heteroatoms. The quantitative estimate of drug-likeness (QED) is 0.195. The van der Waals surface area contributed by atoms with Gasteiger partial charge >= 0.3 is 0 Å². The van der Waals surface area contributed by atoms with Crippen molar-refractivity contribution < 1.29 is 0 Å². The molecule has 0 aliphatic rings. The van der Waals surface area contributed by atoms with Crippen LogP contribution in [0.2, 0.25) is 0 Å². The summed E-state index contributed by atoms with van der Waals surface area (Å²) in [6.45, 7) is 0. The molecule has 0 amide bonds. The van der Waals surface area contributed by atoms with E-state index in [9.17, 15) is 10.5 Å². The van der Waals surface area contributed by atoms with Gasteiger partial charge in [0.15, 0.2) is 17.5 Å². The number of benzene rings is 5. The molecule has 0 aliphatic heterocycles. The molecule has 5 aromatic carbocycles. The number of aromatic nitrogens is 5. The average molecular weight is 602 g/mol. The van der Waals surface area contributed by atoms with E-state index in [0.717, 1.165) is 55.3 Å². The molecule has 3 aromatic heterocycles. The molecular weight excluding hydrogens is 578 g/mol. The number of pyridine rings is 1. The van der Waals surface area contributed by atoms with Crippen molar-refractivity contribution in [3.05, 3.63) is 151 Å². The second-order valence-corrected chi connectivity index (χ2v) is 11.0. The predicted octanol–water partition coefficient (Wildman–Crippen LogP) is 8.78. The molecule has 3 heterocycles. The van der Waals surface area contributed by atoms with Crippen molar-refractivity contribution >= 4 is 21.8 Å². The molecule has 0 radical (unpaired) electrons. The molecule has 0 atom stereocenters. The van der Waals surface area contributed by atoms with Gasteiger partial charge in [0, 0.05) is 45.5 Å². The lowest BCUT2D eigenvalue weighted by Gasteiger charge is -2.15. The van der Waals surface area contributed by atoms with Gasteiger partial charge in [-0.15, -0.1) is 0 Å². The number of fused-ring (bicyclic) bond motifs is 3. The van der Waals surface area contributed by atoms with E-state index < -0.39 is 0 Å². The molecule has 47 heavy (non-hydrogen) atoms. The minimum atomic E-state index is 0.533. The molecule has 0 bridgehead atoms. The van der Waals surface area contributed by atoms with Gasteiger partial charge in [-0.25, -0.2) is 15.0 Å². The normalized spacial score (nSPS) is 10.9. The van der Waals surface area contributed by atoms with Gasteiger partial charge in [-0.1, -0.05) is 66.7 Å². The van der Waals surface area contributed by atoms with Gasteiger partial charge in [-0.05, 0) is 71.8 Å². The van der Waals surface area contributed by atoms with Gasteiger partial charge in [0.05, 0.1) is 34.3 Å². The fourth-order valence-corrected chi connectivity index (χ4v) is 6.01. The predicted molar refractivity (Wildman–Crippen MR) is 183 cm³/mol. The lowest BCUT2D eigenvalue weighted by Crippen LogP contribution is -2.02. The third-order valence-electron chi connectivity index (χ3n) is 8.22. The Morgan fingerprint density at radius 1 is 0.468 bits per heavy atom. The first-order chi connectivity index (χ1) is 23.2. The van der Waals surface area contributed by atoms with Gasteiger partial charge < -0.3 is 4.57 Å². The molecule has 0 saturated heterocycles. The van der Waals surface area contributed by atoms with Crippen molar-refractivity contribution in [3.63, 3.8) is 0 Å². The van der Waals surface area contributed by atoms with Crippen molar-refractivity contribution in [1.82, 2.24) is 24.5 Å². The van der Waals surface area contributed by atoms with Gasteiger partial charge in [-0.2, -0.15) is 10.5 Å². The van der Waals surface area contributed by atoms with Crippen LogP contribution < -0.4 is 0 Å². The SMILES string of the molecule is N#Cc1ccc2c(c1)c1cc(C#N)ccc1n2-c1ccc(-c2ccncc2)c(-c2nc(-c3ccccc3)nc(-c3ccccc3)n2)c1. The lowest BCUT2D eigenvalue weighted by molar-refractivity contribution is 1.07. The highest BCUT2D eigenvalue weighted by Gasteiger charge is 2.19. The Labute approximate surface area is 270 Å². The Bertz CT molecular complexity index is 2400. The fraction of sp³-hybridized carbons (Fsp3) is 0. The van der Waals surface area contributed by atoms with Gasteiger partial charge in [0.2, 0.25) is 0 Å². The molecule has 0 N–H and O–H groups in total. The highest BCUT2D eigenvalue weighted by atomic mass is 15.0. The van der Waals surface area contributed by atoms with Crippen LogP contribution in [0.25, 0.3) is 72.8 Å². The van der Waals surface area contributed by atoms with Crippen LogP contribution in [-0.4, -0.2) is 24.5 Å². The fourth-order valence-electron chi connectivity index (χ4n) is 6.01. The maximum atomic E-state index is 9.67. The van der Waals surface area contributed by atoms with Crippen molar-refractivity contribution in [3.8, 4) is 63.1 Å². The smallest absolute Gasteiger partial charge is 0.164 e. The van der Waals surface area contributed by atoms with E-state index in [1.54, 1.807) is 12.4 Å². The van der Waals surface area contributed by atoms with Crippen LogP contribution in [0.5, 0.6) is 0 Å². The second-order valence-electron chi connectivity index (χ2n) is 11.0. The summed E-state index contributed by atoms with van der Waals surface area (Å²) in [4.78, 5) is 19.3. The average Bonchev–Trinajstić information content (AvgIpc) is 3.48. The van der Waals surface area contributed by atoms with Crippen molar-refractivity contribution in [2.45, 2.75) is 0 Å². The number of rotatable bonds is 5. The Balaban J connectivity index is 1.43. The summed E-state index contributed by atoms with van der Waals surface area (Å²) in [5, 5.41) is 21.1. The molecule has 0 fully saturated rings. The summed E-state index contributed by atoms with van der Waals surface area (Å²) in [6.07, 6.45) is 3.55. The van der Waals surface area contributed by atoms with Crippen molar-refractivity contribution in [2.75, 3.05) is 0 Å². The van der Waals surface area contributed by atoms with E-state index in [4.69, 9.17) is 15.0 Å². The zero-order valence-corrected chi connectivity index (χ0v) is 24.9. The molecule has 8 aromatic rings. The Kier molecular flexibility index (Phi) is 6.76. The summed E-state index contributed by atoms with van der Waals surface area (Å²) in [6, 6.07) is 45.9. The largest absolute Gasteiger partial charge is 0.309 e. The number of nitrogens with zero attached hydrogens (tertiary/aromatic N) is 7. The van der Waals surface area contributed by atoms with Crippen LogP contribution in [0.4, 0.5) is 0 Å². The van der Waals surface area contributed by atoms with E-state index in [0.29, 0.717) is 28.6 Å². The van der Waals surface area contributed by atoms with Crippen LogP contribution in [0, 0.1) is 22.7 Å². The molecule has 8 rings (SSSR count). The number of nitriles is 2. The Morgan fingerprint density at radius 3 is 1.53 bits per heavy atom. The summed E-state index contributed by atoms with van der Waals surface area (Å²) < 4.78 is 2.16. The van der Waals surface area contributed by atoms with Crippen LogP contribution in [0.15, 0.2) is 140 Å². The highest BCUT2D eigenvalue weighted by Crippen LogP contribution is 2.38. The van der Waals surface area contributed by atoms with Gasteiger partial charge in [0.25, 0.3) is 0 Å². The summed E-state index contributed by atoms with van der Waals surface area (Å²) >= 11 is 0. The second kappa shape index (κ2) is 11.5. The molecule has 218 valence electrons. The maximum Gasteiger partial charge on any atom is 0.164 e. The molecule has 0 aliphatic carbocycles. The van der Waals surface area contributed by atoms with Crippen molar-refractivity contribution in [2.24, 2.45) is 0 Å². The van der Waals surface area contributed by atoms with Gasteiger partial charge in [0.1, 0.15) is 0 Å². The number of hydrogen-bond donors (Lipinski definition) is 0.